The Morgan fingerprint density at radius 2 is 2.00 bits per heavy atom. The van der Waals surface area contributed by atoms with Gasteiger partial charge < -0.3 is 11.1 Å². The van der Waals surface area contributed by atoms with Crippen molar-refractivity contribution in [2.75, 3.05) is 11.9 Å². The fourth-order valence-electron chi connectivity index (χ4n) is 2.26. The van der Waals surface area contributed by atoms with Gasteiger partial charge >= 0.3 is 0 Å². The Hall–Kier alpha value is -1.58. The summed E-state index contributed by atoms with van der Waals surface area (Å²) in [6.07, 6.45) is 0.922. The molecule has 0 saturated carbocycles. The molecule has 0 aromatic heterocycles. The van der Waals surface area contributed by atoms with Crippen LogP contribution < -0.4 is 11.1 Å². The molecule has 1 unspecified atom stereocenters. The van der Waals surface area contributed by atoms with E-state index in [0.717, 1.165) is 12.0 Å². The van der Waals surface area contributed by atoms with Gasteiger partial charge in [0.1, 0.15) is 5.82 Å². The first-order chi connectivity index (χ1) is 9.65. The Bertz CT molecular complexity index is 586. The molecule has 0 amide bonds. The first-order valence-corrected chi connectivity index (χ1v) is 7.03. The Balaban J connectivity index is 2.31. The third-order valence-electron chi connectivity index (χ3n) is 3.31. The van der Waals surface area contributed by atoms with E-state index in [1.807, 2.05) is 18.2 Å². The highest BCUT2D eigenvalue weighted by molar-refractivity contribution is 6.33. The van der Waals surface area contributed by atoms with Crippen molar-refractivity contribution >= 4 is 17.3 Å². The Kier molecular flexibility index (Phi) is 4.99. The van der Waals surface area contributed by atoms with Crippen molar-refractivity contribution < 1.29 is 4.39 Å². The number of nitrogens with one attached hydrogen (secondary N) is 1. The van der Waals surface area contributed by atoms with Gasteiger partial charge in [0.05, 0.1) is 16.8 Å². The number of hydrogen-bond acceptors (Lipinski definition) is 2. The van der Waals surface area contributed by atoms with Crippen LogP contribution >= 0.6 is 11.6 Å². The Morgan fingerprint density at radius 3 is 2.70 bits per heavy atom. The molecule has 1 atom stereocenters. The molecule has 0 aliphatic carbocycles. The second-order valence-corrected chi connectivity index (χ2v) is 5.02. The standard InChI is InChI=1S/C16H18ClFN2/c1-2-11-5-3-4-6-13(11)16(10-19)20-15-9-12(18)7-8-14(15)17/h3-9,16,20H,2,10,19H2,1H3. The smallest absolute Gasteiger partial charge is 0.125 e. The molecule has 2 aromatic rings. The van der Waals surface area contributed by atoms with Crippen LogP contribution in [0.25, 0.3) is 0 Å². The van der Waals surface area contributed by atoms with E-state index >= 15 is 0 Å². The molecule has 0 heterocycles. The minimum absolute atomic E-state index is 0.0922. The van der Waals surface area contributed by atoms with Crippen molar-refractivity contribution in [1.82, 2.24) is 0 Å². The molecule has 0 aliphatic heterocycles. The van der Waals surface area contributed by atoms with Crippen LogP contribution in [0, 0.1) is 5.82 Å². The summed E-state index contributed by atoms with van der Waals surface area (Å²) in [5.74, 6) is -0.323. The molecule has 4 heteroatoms. The molecular weight excluding hydrogens is 275 g/mol. The van der Waals surface area contributed by atoms with Crippen molar-refractivity contribution in [3.8, 4) is 0 Å². The molecule has 0 saturated heterocycles. The zero-order chi connectivity index (χ0) is 14.5. The second-order valence-electron chi connectivity index (χ2n) is 4.61. The SMILES string of the molecule is CCc1ccccc1C(CN)Nc1cc(F)ccc1Cl. The van der Waals surface area contributed by atoms with Crippen LogP contribution in [0.1, 0.15) is 24.1 Å². The highest BCUT2D eigenvalue weighted by Gasteiger charge is 2.14. The molecule has 0 radical (unpaired) electrons. The summed E-state index contributed by atoms with van der Waals surface area (Å²) in [7, 11) is 0. The van der Waals surface area contributed by atoms with Gasteiger partial charge in [0.25, 0.3) is 0 Å². The summed E-state index contributed by atoms with van der Waals surface area (Å²) < 4.78 is 13.3. The predicted molar refractivity (Wildman–Crippen MR) is 82.6 cm³/mol. The largest absolute Gasteiger partial charge is 0.376 e. The predicted octanol–water partition coefficient (Wildman–Crippen LogP) is 4.15. The molecule has 0 aliphatic rings. The van der Waals surface area contributed by atoms with Crippen molar-refractivity contribution in [2.24, 2.45) is 5.73 Å². The topological polar surface area (TPSA) is 38.0 Å². The third-order valence-corrected chi connectivity index (χ3v) is 3.63. The Morgan fingerprint density at radius 1 is 1.25 bits per heavy atom. The Labute approximate surface area is 123 Å². The van der Waals surface area contributed by atoms with Gasteiger partial charge in [-0.3, -0.25) is 0 Å². The fraction of sp³-hybridized carbons (Fsp3) is 0.250. The maximum Gasteiger partial charge on any atom is 0.125 e. The van der Waals surface area contributed by atoms with E-state index in [4.69, 9.17) is 17.3 Å². The lowest BCUT2D eigenvalue weighted by molar-refractivity contribution is 0.627. The first kappa shape index (κ1) is 14.8. The van der Waals surface area contributed by atoms with Gasteiger partial charge in [-0.15, -0.1) is 0 Å². The van der Waals surface area contributed by atoms with E-state index in [0.29, 0.717) is 17.3 Å². The van der Waals surface area contributed by atoms with E-state index in [1.54, 1.807) is 6.07 Å². The third kappa shape index (κ3) is 3.30. The zero-order valence-corrected chi connectivity index (χ0v) is 12.1. The summed E-state index contributed by atoms with van der Waals surface area (Å²) in [5.41, 5.74) is 8.78. The maximum absolute atomic E-state index is 13.3. The van der Waals surface area contributed by atoms with Crippen LogP contribution in [0.2, 0.25) is 5.02 Å². The van der Waals surface area contributed by atoms with Gasteiger partial charge in [-0.2, -0.15) is 0 Å². The van der Waals surface area contributed by atoms with Crippen molar-refractivity contribution in [3.63, 3.8) is 0 Å². The molecule has 106 valence electrons. The molecule has 2 nitrogen and oxygen atoms in total. The normalized spacial score (nSPS) is 12.2. The lowest BCUT2D eigenvalue weighted by Gasteiger charge is -2.22. The summed E-state index contributed by atoms with van der Waals surface area (Å²) >= 11 is 6.09. The molecule has 0 bridgehead atoms. The molecule has 0 fully saturated rings. The van der Waals surface area contributed by atoms with Crippen LogP contribution in [0.5, 0.6) is 0 Å². The molecule has 3 N–H and O–H groups in total. The van der Waals surface area contributed by atoms with Gasteiger partial charge in [-0.25, -0.2) is 4.39 Å². The van der Waals surface area contributed by atoms with Gasteiger partial charge in [0, 0.05) is 6.54 Å². The maximum atomic E-state index is 13.3. The van der Waals surface area contributed by atoms with Crippen LogP contribution in [-0.4, -0.2) is 6.54 Å². The minimum atomic E-state index is -0.323. The second kappa shape index (κ2) is 6.73. The molecule has 2 aromatic carbocycles. The lowest BCUT2D eigenvalue weighted by atomic mass is 9.98. The number of anilines is 1. The van der Waals surface area contributed by atoms with Crippen LogP contribution in [0.4, 0.5) is 10.1 Å². The van der Waals surface area contributed by atoms with Crippen LogP contribution in [0.15, 0.2) is 42.5 Å². The van der Waals surface area contributed by atoms with E-state index in [-0.39, 0.29) is 11.9 Å². The van der Waals surface area contributed by atoms with Gasteiger partial charge in [0.2, 0.25) is 0 Å². The summed E-state index contributed by atoms with van der Waals surface area (Å²) in [4.78, 5) is 0. The van der Waals surface area contributed by atoms with Crippen molar-refractivity contribution in [3.05, 3.63) is 64.4 Å². The number of hydrogen-bond donors (Lipinski definition) is 2. The zero-order valence-electron chi connectivity index (χ0n) is 11.4. The van der Waals surface area contributed by atoms with Crippen molar-refractivity contribution in [1.29, 1.82) is 0 Å². The van der Waals surface area contributed by atoms with Gasteiger partial charge in [-0.05, 0) is 35.7 Å². The average Bonchev–Trinajstić information content (AvgIpc) is 2.48. The molecule has 2 rings (SSSR count). The van der Waals surface area contributed by atoms with Crippen molar-refractivity contribution in [2.45, 2.75) is 19.4 Å². The van der Waals surface area contributed by atoms with Crippen LogP contribution in [-0.2, 0) is 6.42 Å². The van der Waals surface area contributed by atoms with E-state index in [2.05, 4.69) is 18.3 Å². The number of halogens is 2. The van der Waals surface area contributed by atoms with E-state index in [9.17, 15) is 4.39 Å². The number of nitrogens with two attached hydrogens (primary N) is 1. The summed E-state index contributed by atoms with van der Waals surface area (Å²) in [5, 5.41) is 3.72. The number of benzene rings is 2. The van der Waals surface area contributed by atoms with E-state index in [1.165, 1.54) is 17.7 Å². The lowest BCUT2D eigenvalue weighted by Crippen LogP contribution is -2.22. The molecular formula is C16H18ClFN2. The average molecular weight is 293 g/mol. The quantitative estimate of drug-likeness (QED) is 0.868. The number of rotatable bonds is 5. The molecule has 20 heavy (non-hydrogen) atoms. The van der Waals surface area contributed by atoms with Crippen LogP contribution in [0.3, 0.4) is 0 Å². The minimum Gasteiger partial charge on any atom is -0.376 e. The number of aryl methyl sites for hydroxylation is 1. The fourth-order valence-corrected chi connectivity index (χ4v) is 2.43. The van der Waals surface area contributed by atoms with Gasteiger partial charge in [0.15, 0.2) is 0 Å². The van der Waals surface area contributed by atoms with Gasteiger partial charge in [-0.1, -0.05) is 42.8 Å². The molecule has 0 spiro atoms. The first-order valence-electron chi connectivity index (χ1n) is 6.65. The summed E-state index contributed by atoms with van der Waals surface area (Å²) in [6.45, 7) is 2.51. The van der Waals surface area contributed by atoms with E-state index < -0.39 is 0 Å². The summed E-state index contributed by atoms with van der Waals surface area (Å²) in [6, 6.07) is 12.3. The highest BCUT2D eigenvalue weighted by atomic mass is 35.5. The highest BCUT2D eigenvalue weighted by Crippen LogP contribution is 2.28. The monoisotopic (exact) mass is 292 g/mol.